The van der Waals surface area contributed by atoms with Crippen molar-refractivity contribution >= 4 is 17.6 Å². The van der Waals surface area contributed by atoms with E-state index in [4.69, 9.17) is 4.74 Å². The number of aromatic hydroxyl groups is 1. The number of benzene rings is 2. The van der Waals surface area contributed by atoms with Gasteiger partial charge >= 0.3 is 5.97 Å². The lowest BCUT2D eigenvalue weighted by atomic mass is 10.2. The zero-order valence-corrected chi connectivity index (χ0v) is 12.8. The van der Waals surface area contributed by atoms with E-state index < -0.39 is 47.4 Å². The minimum atomic E-state index is -1.74. The lowest BCUT2D eigenvalue weighted by Gasteiger charge is -2.10. The molecular formula is C16H12F3NO5. The van der Waals surface area contributed by atoms with Gasteiger partial charge in [0, 0.05) is 0 Å². The van der Waals surface area contributed by atoms with Gasteiger partial charge in [0.2, 0.25) is 0 Å². The minimum Gasteiger partial charge on any atom is -0.504 e. The summed E-state index contributed by atoms with van der Waals surface area (Å²) in [5.74, 6) is -7.18. The van der Waals surface area contributed by atoms with Crippen LogP contribution in [-0.2, 0) is 9.53 Å². The average molecular weight is 355 g/mol. The molecule has 0 heterocycles. The van der Waals surface area contributed by atoms with Gasteiger partial charge in [0.15, 0.2) is 35.6 Å². The topological polar surface area (TPSA) is 84.9 Å². The van der Waals surface area contributed by atoms with Crippen molar-refractivity contribution in [2.24, 2.45) is 0 Å². The number of phenolic OH excluding ortho intramolecular Hbond substituents is 1. The van der Waals surface area contributed by atoms with E-state index in [1.165, 1.54) is 25.3 Å². The summed E-state index contributed by atoms with van der Waals surface area (Å²) in [7, 11) is 1.29. The second-order valence-electron chi connectivity index (χ2n) is 4.70. The maximum atomic E-state index is 13.4. The molecular weight excluding hydrogens is 343 g/mol. The van der Waals surface area contributed by atoms with Gasteiger partial charge in [-0.25, -0.2) is 18.0 Å². The first-order chi connectivity index (χ1) is 11.8. The van der Waals surface area contributed by atoms with Crippen molar-refractivity contribution in [1.29, 1.82) is 0 Å². The van der Waals surface area contributed by atoms with E-state index in [1.54, 1.807) is 0 Å². The summed E-state index contributed by atoms with van der Waals surface area (Å²) in [5, 5.41) is 11.7. The van der Waals surface area contributed by atoms with Crippen LogP contribution >= 0.6 is 0 Å². The molecule has 0 aliphatic carbocycles. The molecule has 2 rings (SSSR count). The first kappa shape index (κ1) is 18.1. The molecule has 0 spiro atoms. The summed E-state index contributed by atoms with van der Waals surface area (Å²) < 4.78 is 48.8. The maximum Gasteiger partial charge on any atom is 0.342 e. The number of nitrogens with one attached hydrogen (secondary N) is 1. The van der Waals surface area contributed by atoms with Crippen molar-refractivity contribution in [3.8, 4) is 11.5 Å². The maximum absolute atomic E-state index is 13.4. The predicted molar refractivity (Wildman–Crippen MR) is 79.9 cm³/mol. The fourth-order valence-electron chi connectivity index (χ4n) is 1.87. The van der Waals surface area contributed by atoms with E-state index in [1.807, 2.05) is 5.32 Å². The number of anilines is 1. The van der Waals surface area contributed by atoms with E-state index in [2.05, 4.69) is 4.74 Å². The zero-order chi connectivity index (χ0) is 18.6. The summed E-state index contributed by atoms with van der Waals surface area (Å²) >= 11 is 0. The van der Waals surface area contributed by atoms with E-state index in [-0.39, 0.29) is 11.3 Å². The van der Waals surface area contributed by atoms with Crippen LogP contribution in [0.5, 0.6) is 11.5 Å². The molecule has 0 unspecified atom stereocenters. The van der Waals surface area contributed by atoms with Crippen molar-refractivity contribution in [3.05, 3.63) is 53.3 Å². The summed E-state index contributed by atoms with van der Waals surface area (Å²) in [6.45, 7) is -0.839. The van der Waals surface area contributed by atoms with Crippen molar-refractivity contribution in [2.45, 2.75) is 0 Å². The lowest BCUT2D eigenvalue weighted by molar-refractivity contribution is -0.119. The van der Waals surface area contributed by atoms with Crippen molar-refractivity contribution in [2.75, 3.05) is 19.0 Å². The Morgan fingerprint density at radius 1 is 1.12 bits per heavy atom. The number of ether oxygens (including phenoxy) is 2. The van der Waals surface area contributed by atoms with Crippen LogP contribution in [-0.4, -0.2) is 30.7 Å². The second kappa shape index (κ2) is 7.56. The fourth-order valence-corrected chi connectivity index (χ4v) is 1.87. The highest BCUT2D eigenvalue weighted by Crippen LogP contribution is 2.29. The molecule has 132 valence electrons. The Kier molecular flexibility index (Phi) is 5.48. The third kappa shape index (κ3) is 4.00. The minimum absolute atomic E-state index is 0.0303. The molecule has 0 radical (unpaired) electrons. The zero-order valence-electron chi connectivity index (χ0n) is 12.8. The molecule has 0 atom stereocenters. The highest BCUT2D eigenvalue weighted by molar-refractivity contribution is 5.97. The number of rotatable bonds is 5. The Balaban J connectivity index is 2.01. The molecule has 0 aliphatic heterocycles. The molecule has 0 bridgehead atoms. The number of amides is 1. The van der Waals surface area contributed by atoms with Crippen LogP contribution in [0.1, 0.15) is 10.4 Å². The van der Waals surface area contributed by atoms with Gasteiger partial charge in [-0.1, -0.05) is 6.07 Å². The normalized spacial score (nSPS) is 10.2. The van der Waals surface area contributed by atoms with Crippen LogP contribution in [0.15, 0.2) is 30.3 Å². The number of methoxy groups -OCH3 is 1. The Morgan fingerprint density at radius 3 is 2.52 bits per heavy atom. The van der Waals surface area contributed by atoms with Gasteiger partial charge in [0.05, 0.1) is 12.8 Å². The smallest absolute Gasteiger partial charge is 0.342 e. The summed E-state index contributed by atoms with van der Waals surface area (Å²) in [5.41, 5.74) is -0.852. The molecule has 9 heteroatoms. The Labute approximate surface area is 139 Å². The third-order valence-electron chi connectivity index (χ3n) is 3.08. The van der Waals surface area contributed by atoms with E-state index in [0.717, 1.165) is 6.07 Å². The molecule has 0 saturated carbocycles. The number of phenols is 1. The van der Waals surface area contributed by atoms with Gasteiger partial charge in [-0.2, -0.15) is 0 Å². The van der Waals surface area contributed by atoms with Crippen molar-refractivity contribution in [1.82, 2.24) is 0 Å². The monoisotopic (exact) mass is 355 g/mol. The number of halogens is 3. The molecule has 0 aromatic heterocycles. The molecule has 0 saturated heterocycles. The number of esters is 1. The van der Waals surface area contributed by atoms with Crippen LogP contribution in [0.2, 0.25) is 0 Å². The molecule has 1 amide bonds. The standard InChI is InChI=1S/C16H12F3NO5/c1-24-11-4-2-3-8(15(11)22)16(23)25-7-12(21)20-10-6-5-9(17)13(18)14(10)19/h2-6,22H,7H2,1H3,(H,20,21). The number of carbonyl (C=O) groups excluding carboxylic acids is 2. The second-order valence-corrected chi connectivity index (χ2v) is 4.70. The molecule has 0 fully saturated rings. The lowest BCUT2D eigenvalue weighted by Crippen LogP contribution is -2.22. The number of hydrogen-bond acceptors (Lipinski definition) is 5. The van der Waals surface area contributed by atoms with Crippen molar-refractivity contribution < 1.29 is 37.3 Å². The third-order valence-corrected chi connectivity index (χ3v) is 3.08. The first-order valence-electron chi connectivity index (χ1n) is 6.81. The summed E-state index contributed by atoms with van der Waals surface area (Å²) in [6.07, 6.45) is 0. The van der Waals surface area contributed by atoms with E-state index in [9.17, 15) is 27.9 Å². The van der Waals surface area contributed by atoms with Gasteiger partial charge in [-0.15, -0.1) is 0 Å². The average Bonchev–Trinajstić information content (AvgIpc) is 2.60. The Morgan fingerprint density at radius 2 is 1.84 bits per heavy atom. The molecule has 25 heavy (non-hydrogen) atoms. The number of hydrogen-bond donors (Lipinski definition) is 2. The quantitative estimate of drug-likeness (QED) is 0.636. The van der Waals surface area contributed by atoms with Crippen LogP contribution in [0.4, 0.5) is 18.9 Å². The van der Waals surface area contributed by atoms with Crippen LogP contribution < -0.4 is 10.1 Å². The molecule has 2 aromatic rings. The molecule has 2 N–H and O–H groups in total. The van der Waals surface area contributed by atoms with Gasteiger partial charge in [0.25, 0.3) is 5.91 Å². The van der Waals surface area contributed by atoms with Gasteiger partial charge < -0.3 is 19.9 Å². The highest BCUT2D eigenvalue weighted by Gasteiger charge is 2.19. The fraction of sp³-hybridized carbons (Fsp3) is 0.125. The van der Waals surface area contributed by atoms with Crippen molar-refractivity contribution in [3.63, 3.8) is 0 Å². The van der Waals surface area contributed by atoms with Gasteiger partial charge in [-0.3, -0.25) is 4.79 Å². The molecule has 6 nitrogen and oxygen atoms in total. The Hall–Kier alpha value is -3.23. The van der Waals surface area contributed by atoms with Gasteiger partial charge in [0.1, 0.15) is 5.56 Å². The van der Waals surface area contributed by atoms with Crippen LogP contribution in [0, 0.1) is 17.5 Å². The van der Waals surface area contributed by atoms with Crippen LogP contribution in [0.25, 0.3) is 0 Å². The van der Waals surface area contributed by atoms with E-state index >= 15 is 0 Å². The number of carbonyl (C=O) groups is 2. The van der Waals surface area contributed by atoms with E-state index in [0.29, 0.717) is 6.07 Å². The SMILES string of the molecule is COc1cccc(C(=O)OCC(=O)Nc2ccc(F)c(F)c2F)c1O. The van der Waals surface area contributed by atoms with Gasteiger partial charge in [-0.05, 0) is 24.3 Å². The summed E-state index contributed by atoms with van der Waals surface area (Å²) in [6, 6.07) is 5.53. The molecule has 2 aromatic carbocycles. The number of para-hydroxylation sites is 1. The largest absolute Gasteiger partial charge is 0.504 e. The first-order valence-corrected chi connectivity index (χ1v) is 6.81. The highest BCUT2D eigenvalue weighted by atomic mass is 19.2. The molecule has 0 aliphatic rings. The predicted octanol–water partition coefficient (Wildman–Crippen LogP) is 2.61. The summed E-state index contributed by atoms with van der Waals surface area (Å²) in [4.78, 5) is 23.5. The van der Waals surface area contributed by atoms with Crippen LogP contribution in [0.3, 0.4) is 0 Å². The Bertz CT molecular complexity index is 826.